The number of benzene rings is 2. The van der Waals surface area contributed by atoms with Gasteiger partial charge in [0.25, 0.3) is 15.9 Å². The number of rotatable bonds is 6. The number of amidine groups is 1. The van der Waals surface area contributed by atoms with Gasteiger partial charge in [-0.25, -0.2) is 8.42 Å². The number of hydrogen-bond donors (Lipinski definition) is 2. The van der Waals surface area contributed by atoms with E-state index < -0.39 is 10.0 Å². The molecule has 0 saturated heterocycles. The topological polar surface area (TPSA) is 96.9 Å². The molecule has 2 N–H and O–H groups in total. The third-order valence-electron chi connectivity index (χ3n) is 4.78. The molecular weight excluding hydrogens is 402 g/mol. The van der Waals surface area contributed by atoms with Crippen LogP contribution in [0.25, 0.3) is 0 Å². The van der Waals surface area contributed by atoms with Gasteiger partial charge in [-0.2, -0.15) is 0 Å². The fraction of sp³-hybridized carbons (Fsp3) is 0.364. The Labute approximate surface area is 177 Å². The summed E-state index contributed by atoms with van der Waals surface area (Å²) in [5, 5.41) is 2.71. The van der Waals surface area contributed by atoms with Gasteiger partial charge < -0.3 is 10.1 Å². The number of sulfonamides is 1. The molecule has 1 aliphatic rings. The van der Waals surface area contributed by atoms with E-state index >= 15 is 0 Å². The summed E-state index contributed by atoms with van der Waals surface area (Å²) in [4.78, 5) is 16.6. The molecule has 0 atom stereocenters. The number of nitrogens with one attached hydrogen (secondary N) is 2. The predicted molar refractivity (Wildman–Crippen MR) is 118 cm³/mol. The molecule has 0 saturated carbocycles. The Morgan fingerprint density at radius 1 is 1.07 bits per heavy atom. The monoisotopic (exact) mass is 429 g/mol. The molecule has 0 fully saturated rings. The lowest BCUT2D eigenvalue weighted by Gasteiger charge is -2.12. The molecule has 0 radical (unpaired) electrons. The molecular formula is C22H27N3O4S. The molecule has 3 rings (SSSR count). The summed E-state index contributed by atoms with van der Waals surface area (Å²) in [7, 11) is -3.69. The van der Waals surface area contributed by atoms with Crippen LogP contribution in [-0.2, 0) is 14.8 Å². The minimum Gasteiger partial charge on any atom is -0.483 e. The lowest BCUT2D eigenvalue weighted by Crippen LogP contribution is -2.30. The number of anilines is 1. The Kier molecular flexibility index (Phi) is 7.10. The van der Waals surface area contributed by atoms with Gasteiger partial charge in [0, 0.05) is 18.7 Å². The highest BCUT2D eigenvalue weighted by molar-refractivity contribution is 7.90. The number of aryl methyl sites for hydroxylation is 2. The standard InChI is InChI=1S/C22H27N3O4S/c1-16-7-8-17(2)20(14-16)29-15-22(26)24-18-9-11-19(12-10-18)30(27,28)25-21-6-4-3-5-13-23-21/h7-12,14H,3-6,13,15H2,1-2H3,(H,23,25)(H,24,26). The highest BCUT2D eigenvalue weighted by Crippen LogP contribution is 2.19. The molecule has 0 aromatic heterocycles. The van der Waals surface area contributed by atoms with E-state index in [2.05, 4.69) is 15.0 Å². The third-order valence-corrected chi connectivity index (χ3v) is 6.17. The van der Waals surface area contributed by atoms with Crippen molar-refractivity contribution in [3.05, 3.63) is 53.6 Å². The minimum atomic E-state index is -3.69. The van der Waals surface area contributed by atoms with Gasteiger partial charge in [0.1, 0.15) is 11.6 Å². The zero-order valence-electron chi connectivity index (χ0n) is 17.3. The number of aliphatic imine (C=N–C) groups is 1. The number of ether oxygens (including phenoxy) is 1. The summed E-state index contributed by atoms with van der Waals surface area (Å²) in [6.45, 7) is 4.39. The zero-order chi connectivity index (χ0) is 21.6. The van der Waals surface area contributed by atoms with Gasteiger partial charge in [-0.05, 0) is 68.1 Å². The predicted octanol–water partition coefficient (Wildman–Crippen LogP) is 3.57. The SMILES string of the molecule is Cc1ccc(C)c(OCC(=O)Nc2ccc(S(=O)(=O)NC3=NCCCCC3)cc2)c1. The summed E-state index contributed by atoms with van der Waals surface area (Å²) >= 11 is 0. The number of amides is 1. The van der Waals surface area contributed by atoms with E-state index in [4.69, 9.17) is 4.74 Å². The Morgan fingerprint density at radius 2 is 1.83 bits per heavy atom. The normalized spacial score (nSPS) is 14.4. The molecule has 160 valence electrons. The first-order valence-corrected chi connectivity index (χ1v) is 11.5. The van der Waals surface area contributed by atoms with E-state index in [9.17, 15) is 13.2 Å². The highest BCUT2D eigenvalue weighted by atomic mass is 32.2. The van der Waals surface area contributed by atoms with Crippen molar-refractivity contribution in [3.8, 4) is 5.75 Å². The smallest absolute Gasteiger partial charge is 0.262 e. The van der Waals surface area contributed by atoms with E-state index in [1.54, 1.807) is 12.1 Å². The summed E-state index contributed by atoms with van der Waals surface area (Å²) in [5.41, 5.74) is 2.50. The average Bonchev–Trinajstić information content (AvgIpc) is 2.97. The lowest BCUT2D eigenvalue weighted by atomic mass is 10.1. The Morgan fingerprint density at radius 3 is 2.60 bits per heavy atom. The molecule has 2 aromatic rings. The maximum Gasteiger partial charge on any atom is 0.262 e. The van der Waals surface area contributed by atoms with Crippen molar-refractivity contribution in [2.45, 2.75) is 44.4 Å². The van der Waals surface area contributed by atoms with Crippen LogP contribution in [-0.4, -0.2) is 33.3 Å². The second kappa shape index (κ2) is 9.75. The Hall–Kier alpha value is -2.87. The summed E-state index contributed by atoms with van der Waals surface area (Å²) < 4.78 is 33.3. The first-order chi connectivity index (χ1) is 14.3. The van der Waals surface area contributed by atoms with E-state index in [-0.39, 0.29) is 17.4 Å². The minimum absolute atomic E-state index is 0.124. The second-order valence-corrected chi connectivity index (χ2v) is 9.06. The van der Waals surface area contributed by atoms with Gasteiger partial charge in [0.2, 0.25) is 0 Å². The summed E-state index contributed by atoms with van der Waals surface area (Å²) in [6, 6.07) is 11.8. The third kappa shape index (κ3) is 6.06. The first kappa shape index (κ1) is 21.8. The molecule has 1 heterocycles. The Bertz CT molecular complexity index is 1030. The van der Waals surface area contributed by atoms with E-state index in [1.807, 2.05) is 32.0 Å². The average molecular weight is 430 g/mol. The molecule has 0 spiro atoms. The van der Waals surface area contributed by atoms with Crippen LogP contribution in [0.1, 0.15) is 36.8 Å². The van der Waals surface area contributed by atoms with Crippen molar-refractivity contribution in [2.75, 3.05) is 18.5 Å². The molecule has 0 bridgehead atoms. The van der Waals surface area contributed by atoms with Crippen molar-refractivity contribution in [2.24, 2.45) is 4.99 Å². The van der Waals surface area contributed by atoms with E-state index in [1.165, 1.54) is 12.1 Å². The van der Waals surface area contributed by atoms with E-state index in [0.29, 0.717) is 30.2 Å². The maximum absolute atomic E-state index is 12.6. The molecule has 1 amide bonds. The zero-order valence-corrected chi connectivity index (χ0v) is 18.1. The highest BCUT2D eigenvalue weighted by Gasteiger charge is 2.17. The molecule has 2 aromatic carbocycles. The molecule has 1 aliphatic heterocycles. The molecule has 0 unspecified atom stereocenters. The lowest BCUT2D eigenvalue weighted by molar-refractivity contribution is -0.118. The van der Waals surface area contributed by atoms with Gasteiger partial charge in [0.15, 0.2) is 6.61 Å². The van der Waals surface area contributed by atoms with Crippen LogP contribution in [0.4, 0.5) is 5.69 Å². The van der Waals surface area contributed by atoms with Crippen molar-refractivity contribution in [1.29, 1.82) is 0 Å². The molecule has 0 aliphatic carbocycles. The largest absolute Gasteiger partial charge is 0.483 e. The summed E-state index contributed by atoms with van der Waals surface area (Å²) in [5.74, 6) is 0.852. The number of hydrogen-bond acceptors (Lipinski definition) is 5. The molecule has 30 heavy (non-hydrogen) atoms. The van der Waals surface area contributed by atoms with Crippen LogP contribution in [0.3, 0.4) is 0 Å². The fourth-order valence-corrected chi connectivity index (χ4v) is 4.18. The van der Waals surface area contributed by atoms with Crippen molar-refractivity contribution < 1.29 is 17.9 Å². The Balaban J connectivity index is 1.57. The summed E-state index contributed by atoms with van der Waals surface area (Å²) in [6.07, 6.45) is 3.59. The molecule has 7 nitrogen and oxygen atoms in total. The van der Waals surface area contributed by atoms with Crippen molar-refractivity contribution in [1.82, 2.24) is 4.72 Å². The van der Waals surface area contributed by atoms with Crippen LogP contribution >= 0.6 is 0 Å². The van der Waals surface area contributed by atoms with Crippen LogP contribution in [0.2, 0.25) is 0 Å². The van der Waals surface area contributed by atoms with Gasteiger partial charge in [-0.1, -0.05) is 18.6 Å². The van der Waals surface area contributed by atoms with Gasteiger partial charge in [-0.15, -0.1) is 0 Å². The number of nitrogens with zero attached hydrogens (tertiary/aromatic N) is 1. The quantitative estimate of drug-likeness (QED) is 0.734. The second-order valence-electron chi connectivity index (χ2n) is 7.37. The maximum atomic E-state index is 12.6. The van der Waals surface area contributed by atoms with Gasteiger partial charge >= 0.3 is 0 Å². The van der Waals surface area contributed by atoms with Crippen LogP contribution in [0.15, 0.2) is 52.4 Å². The van der Waals surface area contributed by atoms with Crippen molar-refractivity contribution in [3.63, 3.8) is 0 Å². The number of carbonyl (C=O) groups excluding carboxylic acids is 1. The molecule has 8 heteroatoms. The fourth-order valence-electron chi connectivity index (χ4n) is 3.09. The van der Waals surface area contributed by atoms with Crippen molar-refractivity contribution >= 4 is 27.5 Å². The van der Waals surface area contributed by atoms with E-state index in [0.717, 1.165) is 30.4 Å². The number of carbonyl (C=O) groups is 1. The van der Waals surface area contributed by atoms with Crippen LogP contribution in [0, 0.1) is 13.8 Å². The first-order valence-electron chi connectivity index (χ1n) is 9.99. The van der Waals surface area contributed by atoms with Crippen LogP contribution in [0.5, 0.6) is 5.75 Å². The van der Waals surface area contributed by atoms with Gasteiger partial charge in [0.05, 0.1) is 4.90 Å². The van der Waals surface area contributed by atoms with Crippen LogP contribution < -0.4 is 14.8 Å². The van der Waals surface area contributed by atoms with Gasteiger partial charge in [-0.3, -0.25) is 14.5 Å².